The van der Waals surface area contributed by atoms with Gasteiger partial charge in [0.2, 0.25) is 11.8 Å². The van der Waals surface area contributed by atoms with Crippen molar-refractivity contribution in [2.24, 2.45) is 0 Å². The van der Waals surface area contributed by atoms with E-state index in [-0.39, 0.29) is 30.2 Å². The molecule has 3 amide bonds. The van der Waals surface area contributed by atoms with Crippen molar-refractivity contribution in [1.82, 2.24) is 15.1 Å². The monoisotopic (exact) mass is 473 g/mol. The molecule has 4 atom stereocenters. The molecular formula is C28H31N3O4. The number of nitrogens with zero attached hydrogens (tertiary/aromatic N) is 2. The number of carbonyl (C=O) groups excluding carboxylic acids is 3. The van der Waals surface area contributed by atoms with Crippen LogP contribution in [0.2, 0.25) is 0 Å². The Bertz CT molecular complexity index is 1150. The predicted molar refractivity (Wildman–Crippen MR) is 130 cm³/mol. The van der Waals surface area contributed by atoms with Crippen molar-refractivity contribution in [3.8, 4) is 5.75 Å². The molecule has 2 aromatic carbocycles. The number of nitrogens with one attached hydrogen (secondary N) is 1. The summed E-state index contributed by atoms with van der Waals surface area (Å²) in [6.07, 6.45) is 6.49. The van der Waals surface area contributed by atoms with Gasteiger partial charge in [0.15, 0.2) is 0 Å². The lowest BCUT2D eigenvalue weighted by Gasteiger charge is -2.50. The number of amides is 3. The lowest BCUT2D eigenvalue weighted by atomic mass is 9.85. The van der Waals surface area contributed by atoms with Gasteiger partial charge in [0.1, 0.15) is 17.9 Å². The molecule has 1 saturated carbocycles. The van der Waals surface area contributed by atoms with Crippen LogP contribution in [0.25, 0.3) is 0 Å². The molecular weight excluding hydrogens is 442 g/mol. The molecule has 7 heteroatoms. The summed E-state index contributed by atoms with van der Waals surface area (Å²) >= 11 is 0. The van der Waals surface area contributed by atoms with E-state index in [0.717, 1.165) is 37.1 Å². The topological polar surface area (TPSA) is 79.0 Å². The number of benzene rings is 2. The van der Waals surface area contributed by atoms with Crippen molar-refractivity contribution in [3.05, 3.63) is 65.2 Å². The van der Waals surface area contributed by atoms with E-state index in [2.05, 4.69) is 40.5 Å². The summed E-state index contributed by atoms with van der Waals surface area (Å²) in [5.41, 5.74) is 2.89. The zero-order valence-corrected chi connectivity index (χ0v) is 19.8. The van der Waals surface area contributed by atoms with Gasteiger partial charge in [-0.3, -0.25) is 24.6 Å². The van der Waals surface area contributed by atoms with E-state index in [1.165, 1.54) is 18.4 Å². The van der Waals surface area contributed by atoms with Gasteiger partial charge in [-0.1, -0.05) is 36.8 Å². The molecule has 0 radical (unpaired) electrons. The molecule has 0 spiro atoms. The van der Waals surface area contributed by atoms with Crippen molar-refractivity contribution in [2.75, 3.05) is 6.54 Å². The van der Waals surface area contributed by atoms with Crippen LogP contribution in [0.4, 0.5) is 0 Å². The Balaban J connectivity index is 1.17. The van der Waals surface area contributed by atoms with Gasteiger partial charge in [-0.2, -0.15) is 0 Å². The second kappa shape index (κ2) is 9.11. The lowest BCUT2D eigenvalue weighted by molar-refractivity contribution is -0.136. The Morgan fingerprint density at radius 1 is 0.886 bits per heavy atom. The number of hydrogen-bond donors (Lipinski definition) is 1. The highest BCUT2D eigenvalue weighted by molar-refractivity contribution is 6.05. The second-order valence-corrected chi connectivity index (χ2v) is 10.2. The van der Waals surface area contributed by atoms with Crippen molar-refractivity contribution < 1.29 is 19.1 Å². The molecule has 7 nitrogen and oxygen atoms in total. The molecule has 6 rings (SSSR count). The molecule has 2 aromatic rings. The van der Waals surface area contributed by atoms with E-state index >= 15 is 0 Å². The van der Waals surface area contributed by atoms with Gasteiger partial charge in [0.25, 0.3) is 5.91 Å². The molecule has 1 aliphatic carbocycles. The van der Waals surface area contributed by atoms with E-state index in [0.29, 0.717) is 30.6 Å². The molecule has 4 aliphatic rings. The summed E-state index contributed by atoms with van der Waals surface area (Å²) < 4.78 is 6.59. The summed E-state index contributed by atoms with van der Waals surface area (Å²) in [4.78, 5) is 41.0. The minimum atomic E-state index is -0.596. The molecule has 35 heavy (non-hydrogen) atoms. The molecule has 1 N–H and O–H groups in total. The molecule has 2 saturated heterocycles. The van der Waals surface area contributed by atoms with Crippen LogP contribution in [0.15, 0.2) is 48.5 Å². The first-order valence-corrected chi connectivity index (χ1v) is 12.8. The fourth-order valence-electron chi connectivity index (χ4n) is 6.23. The molecule has 2 unspecified atom stereocenters. The smallest absolute Gasteiger partial charge is 0.255 e. The summed E-state index contributed by atoms with van der Waals surface area (Å²) in [5.74, 6) is -0.0190. The Kier molecular flexibility index (Phi) is 5.80. The zero-order valence-electron chi connectivity index (χ0n) is 19.8. The maximum Gasteiger partial charge on any atom is 0.255 e. The Labute approximate surface area is 205 Å². The molecule has 0 aromatic heterocycles. The average Bonchev–Trinajstić information content (AvgIpc) is 3.16. The third kappa shape index (κ3) is 4.12. The highest BCUT2D eigenvalue weighted by atomic mass is 16.5. The highest BCUT2D eigenvalue weighted by Gasteiger charge is 2.42. The van der Waals surface area contributed by atoms with Gasteiger partial charge in [-0.25, -0.2) is 0 Å². The SMILES string of the molecule is O=C1CCC(N2Cc3cc(O[C@@H]4CCCC[C@H]4N4CCC4c4ccccc4)ccc3C2=O)C(=O)N1. The minimum absolute atomic E-state index is 0.122. The normalized spacial score (nSPS) is 28.9. The standard InChI is InChI=1S/C28H31N3O4/c32-26-13-12-24(27(33)29-26)31-17-19-16-20(10-11-21(19)28(31)34)35-25-9-5-4-8-23(25)30-15-14-22(30)18-6-2-1-3-7-18/h1-3,6-7,10-11,16,22-25H,4-5,8-9,12-15,17H2,(H,29,32,33)/t22?,23-,24?,25-/m1/s1. The molecule has 3 heterocycles. The fourth-order valence-corrected chi connectivity index (χ4v) is 6.23. The Morgan fingerprint density at radius 2 is 1.71 bits per heavy atom. The number of carbonyl (C=O) groups is 3. The molecule has 3 fully saturated rings. The van der Waals surface area contributed by atoms with Gasteiger partial charge in [-0.15, -0.1) is 0 Å². The first-order valence-electron chi connectivity index (χ1n) is 12.8. The molecule has 0 bridgehead atoms. The van der Waals surface area contributed by atoms with Crippen LogP contribution in [-0.4, -0.2) is 52.3 Å². The van der Waals surface area contributed by atoms with E-state index in [1.54, 1.807) is 4.90 Å². The van der Waals surface area contributed by atoms with E-state index < -0.39 is 6.04 Å². The number of likely N-dealkylation sites (tertiary alicyclic amines) is 1. The first kappa shape index (κ1) is 22.3. The Hall–Kier alpha value is -3.19. The van der Waals surface area contributed by atoms with Crippen LogP contribution >= 0.6 is 0 Å². The summed E-state index contributed by atoms with van der Waals surface area (Å²) in [7, 11) is 0. The maximum absolute atomic E-state index is 13.0. The fraction of sp³-hybridized carbons (Fsp3) is 0.464. The van der Waals surface area contributed by atoms with Gasteiger partial charge in [0.05, 0.1) is 0 Å². The van der Waals surface area contributed by atoms with Crippen molar-refractivity contribution >= 4 is 17.7 Å². The quantitative estimate of drug-likeness (QED) is 0.672. The summed E-state index contributed by atoms with van der Waals surface area (Å²) in [5, 5.41) is 2.36. The van der Waals surface area contributed by atoms with Crippen molar-refractivity contribution in [1.29, 1.82) is 0 Å². The number of ether oxygens (including phenoxy) is 1. The zero-order chi connectivity index (χ0) is 23.9. The van der Waals surface area contributed by atoms with Crippen molar-refractivity contribution in [2.45, 2.75) is 75.7 Å². The van der Waals surface area contributed by atoms with Gasteiger partial charge in [0, 0.05) is 37.2 Å². The second-order valence-electron chi connectivity index (χ2n) is 10.2. The first-order chi connectivity index (χ1) is 17.1. The van der Waals surface area contributed by atoms with Crippen LogP contribution < -0.4 is 10.1 Å². The van der Waals surface area contributed by atoms with Crippen LogP contribution in [0.5, 0.6) is 5.75 Å². The van der Waals surface area contributed by atoms with Gasteiger partial charge >= 0.3 is 0 Å². The number of hydrogen-bond acceptors (Lipinski definition) is 5. The van der Waals surface area contributed by atoms with E-state index in [9.17, 15) is 14.4 Å². The highest BCUT2D eigenvalue weighted by Crippen LogP contribution is 2.40. The lowest BCUT2D eigenvalue weighted by Crippen LogP contribution is -2.55. The van der Waals surface area contributed by atoms with Crippen LogP contribution in [0.3, 0.4) is 0 Å². The third-order valence-corrected chi connectivity index (χ3v) is 8.12. The Morgan fingerprint density at radius 3 is 2.49 bits per heavy atom. The van der Waals surface area contributed by atoms with Crippen LogP contribution in [0, 0.1) is 0 Å². The summed E-state index contributed by atoms with van der Waals surface area (Å²) in [6, 6.07) is 16.7. The largest absolute Gasteiger partial charge is 0.489 e. The number of piperidine rings is 1. The van der Waals surface area contributed by atoms with Crippen LogP contribution in [-0.2, 0) is 16.1 Å². The van der Waals surface area contributed by atoms with Crippen LogP contribution in [0.1, 0.15) is 72.5 Å². The van der Waals surface area contributed by atoms with E-state index in [1.807, 2.05) is 18.2 Å². The van der Waals surface area contributed by atoms with Gasteiger partial charge in [-0.05, 0) is 61.4 Å². The number of fused-ring (bicyclic) bond motifs is 1. The average molecular weight is 474 g/mol. The van der Waals surface area contributed by atoms with Gasteiger partial charge < -0.3 is 9.64 Å². The predicted octanol–water partition coefficient (Wildman–Crippen LogP) is 3.58. The third-order valence-electron chi connectivity index (χ3n) is 8.12. The van der Waals surface area contributed by atoms with E-state index in [4.69, 9.17) is 4.74 Å². The minimum Gasteiger partial charge on any atom is -0.489 e. The molecule has 182 valence electrons. The maximum atomic E-state index is 13.0. The van der Waals surface area contributed by atoms with Crippen molar-refractivity contribution in [3.63, 3.8) is 0 Å². The molecule has 3 aliphatic heterocycles. The summed E-state index contributed by atoms with van der Waals surface area (Å²) in [6.45, 7) is 1.47. The number of rotatable bonds is 5. The number of imide groups is 1.